The molecule has 1 heterocycles. The monoisotopic (exact) mass is 123 g/mol. The average Bonchev–Trinajstić information content (AvgIpc) is 1.79. The predicted octanol–water partition coefficient (Wildman–Crippen LogP) is 0.791. The molecule has 0 aliphatic carbocycles. The van der Waals surface area contributed by atoms with E-state index in [1.54, 1.807) is 0 Å². The molecule has 1 rings (SSSR count). The van der Waals surface area contributed by atoms with E-state index >= 15 is 0 Å². The molecule has 0 aromatic carbocycles. The summed E-state index contributed by atoms with van der Waals surface area (Å²) in [6, 6.07) is 0. The van der Waals surface area contributed by atoms with Crippen molar-refractivity contribution in [2.45, 2.75) is 26.1 Å². The minimum absolute atomic E-state index is 0. The molecule has 0 spiro atoms. The third-order valence-corrected chi connectivity index (χ3v) is 1.01. The standard InChI is InChI=1S/C4H8O.V/c1-3-4(2)5-3;/h3-4H,1-2H3;. The van der Waals surface area contributed by atoms with Gasteiger partial charge in [0.05, 0.1) is 12.2 Å². The Labute approximate surface area is 49.9 Å². The largest absolute Gasteiger partial charge is 0.370 e. The van der Waals surface area contributed by atoms with Crippen LogP contribution in [0.5, 0.6) is 0 Å². The van der Waals surface area contributed by atoms with Crippen molar-refractivity contribution in [1.82, 2.24) is 0 Å². The van der Waals surface area contributed by atoms with E-state index in [0.29, 0.717) is 12.2 Å². The Balaban J connectivity index is 0.000000250. The van der Waals surface area contributed by atoms with Crippen molar-refractivity contribution in [2.24, 2.45) is 0 Å². The molecule has 0 amide bonds. The molecule has 1 aliphatic rings. The molecular formula is C4H8OV. The van der Waals surface area contributed by atoms with Gasteiger partial charge in [0.1, 0.15) is 0 Å². The minimum Gasteiger partial charge on any atom is -0.370 e. The molecule has 35 valence electrons. The first-order chi connectivity index (χ1) is 2.30. The zero-order chi connectivity index (χ0) is 3.86. The topological polar surface area (TPSA) is 12.5 Å². The van der Waals surface area contributed by atoms with E-state index in [-0.39, 0.29) is 18.6 Å². The Kier molecular flexibility index (Phi) is 2.19. The maximum Gasteiger partial charge on any atom is 0.0811 e. The summed E-state index contributed by atoms with van der Waals surface area (Å²) in [7, 11) is 0. The third-order valence-electron chi connectivity index (χ3n) is 1.01. The summed E-state index contributed by atoms with van der Waals surface area (Å²) in [5, 5.41) is 0. The van der Waals surface area contributed by atoms with E-state index in [4.69, 9.17) is 4.74 Å². The first kappa shape index (κ1) is 6.54. The van der Waals surface area contributed by atoms with Gasteiger partial charge in [-0.2, -0.15) is 0 Å². The molecule has 1 saturated heterocycles. The van der Waals surface area contributed by atoms with Crippen LogP contribution in [-0.4, -0.2) is 12.2 Å². The van der Waals surface area contributed by atoms with Crippen LogP contribution in [0.2, 0.25) is 0 Å². The normalized spacial score (nSPS) is 41.0. The quantitative estimate of drug-likeness (QED) is 0.434. The van der Waals surface area contributed by atoms with Gasteiger partial charge in [0.25, 0.3) is 0 Å². The summed E-state index contributed by atoms with van der Waals surface area (Å²) >= 11 is 0. The number of hydrogen-bond acceptors (Lipinski definition) is 1. The summed E-state index contributed by atoms with van der Waals surface area (Å²) in [6.45, 7) is 4.15. The van der Waals surface area contributed by atoms with Crippen molar-refractivity contribution in [3.8, 4) is 0 Å². The van der Waals surface area contributed by atoms with E-state index in [1.165, 1.54) is 0 Å². The van der Waals surface area contributed by atoms with Crippen LogP contribution < -0.4 is 0 Å². The minimum atomic E-state index is 0. The van der Waals surface area contributed by atoms with Gasteiger partial charge in [-0.1, -0.05) is 0 Å². The van der Waals surface area contributed by atoms with Crippen LogP contribution in [0.4, 0.5) is 0 Å². The predicted molar refractivity (Wildman–Crippen MR) is 20.0 cm³/mol. The molecule has 0 saturated carbocycles. The van der Waals surface area contributed by atoms with Crippen molar-refractivity contribution in [3.63, 3.8) is 0 Å². The third kappa shape index (κ3) is 1.33. The van der Waals surface area contributed by atoms with Crippen molar-refractivity contribution >= 4 is 0 Å². The fourth-order valence-corrected chi connectivity index (χ4v) is 0.293. The number of rotatable bonds is 0. The van der Waals surface area contributed by atoms with Crippen molar-refractivity contribution in [1.29, 1.82) is 0 Å². The molecule has 0 bridgehead atoms. The molecule has 2 unspecified atom stereocenters. The molecule has 2 heteroatoms. The van der Waals surface area contributed by atoms with Crippen LogP contribution in [0.25, 0.3) is 0 Å². The molecule has 1 radical (unpaired) electrons. The Morgan fingerprint density at radius 1 is 1.17 bits per heavy atom. The van der Waals surface area contributed by atoms with Crippen LogP contribution in [0.3, 0.4) is 0 Å². The van der Waals surface area contributed by atoms with Crippen LogP contribution in [0.15, 0.2) is 0 Å². The SMILES string of the molecule is CC1OC1C.[V]. The first-order valence-electron chi connectivity index (χ1n) is 1.96. The van der Waals surface area contributed by atoms with Gasteiger partial charge in [0.15, 0.2) is 0 Å². The van der Waals surface area contributed by atoms with Crippen molar-refractivity contribution in [3.05, 3.63) is 0 Å². The maximum absolute atomic E-state index is 4.92. The maximum atomic E-state index is 4.92. The molecule has 2 atom stereocenters. The van der Waals surface area contributed by atoms with Gasteiger partial charge < -0.3 is 4.74 Å². The summed E-state index contributed by atoms with van der Waals surface area (Å²) in [5.41, 5.74) is 0. The summed E-state index contributed by atoms with van der Waals surface area (Å²) in [6.07, 6.45) is 1.10. The first-order valence-corrected chi connectivity index (χ1v) is 1.96. The van der Waals surface area contributed by atoms with Gasteiger partial charge >= 0.3 is 0 Å². The van der Waals surface area contributed by atoms with Crippen LogP contribution in [0.1, 0.15) is 13.8 Å². The smallest absolute Gasteiger partial charge is 0.0811 e. The second-order valence-corrected chi connectivity index (χ2v) is 1.55. The van der Waals surface area contributed by atoms with Gasteiger partial charge in [-0.25, -0.2) is 0 Å². The van der Waals surface area contributed by atoms with E-state index in [9.17, 15) is 0 Å². The zero-order valence-electron chi connectivity index (χ0n) is 4.01. The molecule has 0 N–H and O–H groups in total. The van der Waals surface area contributed by atoms with Gasteiger partial charge in [0.2, 0.25) is 0 Å². The van der Waals surface area contributed by atoms with Crippen LogP contribution >= 0.6 is 0 Å². The Hall–Kier alpha value is 0.544. The molecular weight excluding hydrogens is 115 g/mol. The number of hydrogen-bond donors (Lipinski definition) is 0. The van der Waals surface area contributed by atoms with Gasteiger partial charge in [0, 0.05) is 18.6 Å². The second-order valence-electron chi connectivity index (χ2n) is 1.55. The van der Waals surface area contributed by atoms with E-state index < -0.39 is 0 Å². The van der Waals surface area contributed by atoms with Gasteiger partial charge in [-0.05, 0) is 13.8 Å². The Morgan fingerprint density at radius 2 is 1.33 bits per heavy atom. The van der Waals surface area contributed by atoms with E-state index in [2.05, 4.69) is 13.8 Å². The summed E-state index contributed by atoms with van der Waals surface area (Å²) in [5.74, 6) is 0. The van der Waals surface area contributed by atoms with Gasteiger partial charge in [-0.15, -0.1) is 0 Å². The molecule has 0 aromatic heterocycles. The van der Waals surface area contributed by atoms with Crippen molar-refractivity contribution < 1.29 is 23.3 Å². The Bertz CT molecular complexity index is 40.8. The van der Waals surface area contributed by atoms with Crippen molar-refractivity contribution in [2.75, 3.05) is 0 Å². The number of epoxide rings is 1. The van der Waals surface area contributed by atoms with Crippen LogP contribution in [-0.2, 0) is 23.3 Å². The fraction of sp³-hybridized carbons (Fsp3) is 1.00. The number of ether oxygens (including phenoxy) is 1. The molecule has 0 aromatic rings. The average molecular weight is 123 g/mol. The second kappa shape index (κ2) is 2.01. The Morgan fingerprint density at radius 3 is 1.33 bits per heavy atom. The van der Waals surface area contributed by atoms with E-state index in [1.807, 2.05) is 0 Å². The summed E-state index contributed by atoms with van der Waals surface area (Å²) < 4.78 is 4.92. The summed E-state index contributed by atoms with van der Waals surface area (Å²) in [4.78, 5) is 0. The van der Waals surface area contributed by atoms with Gasteiger partial charge in [-0.3, -0.25) is 0 Å². The molecule has 1 fully saturated rings. The molecule has 6 heavy (non-hydrogen) atoms. The molecule has 1 nitrogen and oxygen atoms in total. The van der Waals surface area contributed by atoms with Crippen LogP contribution in [0, 0.1) is 0 Å². The molecule has 1 aliphatic heterocycles. The van der Waals surface area contributed by atoms with E-state index in [0.717, 1.165) is 0 Å². The fourth-order valence-electron chi connectivity index (χ4n) is 0.293. The zero-order valence-corrected chi connectivity index (χ0v) is 5.41.